The van der Waals surface area contributed by atoms with E-state index in [0.717, 1.165) is 0 Å². The summed E-state index contributed by atoms with van der Waals surface area (Å²) in [6.45, 7) is -0.149. The summed E-state index contributed by atoms with van der Waals surface area (Å²) >= 11 is 2.89. The van der Waals surface area contributed by atoms with E-state index in [1.165, 1.54) is 6.20 Å². The zero-order valence-electron chi connectivity index (χ0n) is 8.08. The first-order valence-electron chi connectivity index (χ1n) is 4.33. The second-order valence-electron chi connectivity index (χ2n) is 3.04. The molecule has 0 aromatic carbocycles. The van der Waals surface area contributed by atoms with Crippen LogP contribution in [0.4, 0.5) is 8.78 Å². The number of aliphatic carboxylic acids is 1. The Morgan fingerprint density at radius 3 is 2.69 bits per heavy atom. The maximum absolute atomic E-state index is 12.7. The van der Waals surface area contributed by atoms with Crippen molar-refractivity contribution < 1.29 is 18.7 Å². The Morgan fingerprint density at radius 1 is 1.62 bits per heavy atom. The number of aromatic nitrogens is 1. The SMILES string of the molecule is NCc1c(CC(=O)O)cnc(Br)c1C(F)F. The fourth-order valence-corrected chi connectivity index (χ4v) is 1.87. The molecule has 0 saturated heterocycles. The number of nitrogens with two attached hydrogens (primary N) is 1. The molecular formula is C9H9BrF2N2O2. The van der Waals surface area contributed by atoms with Crippen LogP contribution in [-0.2, 0) is 17.8 Å². The van der Waals surface area contributed by atoms with Crippen molar-refractivity contribution in [1.82, 2.24) is 4.98 Å². The molecule has 7 heteroatoms. The number of alkyl halides is 2. The van der Waals surface area contributed by atoms with Gasteiger partial charge in [0.2, 0.25) is 0 Å². The Labute approximate surface area is 98.6 Å². The largest absolute Gasteiger partial charge is 0.481 e. The Balaban J connectivity index is 3.30. The lowest BCUT2D eigenvalue weighted by Crippen LogP contribution is -2.12. The Bertz CT molecular complexity index is 413. The van der Waals surface area contributed by atoms with Gasteiger partial charge >= 0.3 is 5.97 Å². The number of carboxylic acids is 1. The number of carboxylic acid groups (broad SMARTS) is 1. The minimum atomic E-state index is -2.74. The van der Waals surface area contributed by atoms with E-state index in [1.54, 1.807) is 0 Å². The lowest BCUT2D eigenvalue weighted by atomic mass is 10.0. The number of pyridine rings is 1. The number of halogens is 3. The lowest BCUT2D eigenvalue weighted by molar-refractivity contribution is -0.136. The highest BCUT2D eigenvalue weighted by Gasteiger charge is 2.21. The number of carbonyl (C=O) groups is 1. The molecule has 4 nitrogen and oxygen atoms in total. The summed E-state index contributed by atoms with van der Waals surface area (Å²) in [5, 5.41) is 8.62. The van der Waals surface area contributed by atoms with Gasteiger partial charge in [-0.25, -0.2) is 13.8 Å². The van der Waals surface area contributed by atoms with Gasteiger partial charge in [0.05, 0.1) is 12.0 Å². The average molecular weight is 295 g/mol. The van der Waals surface area contributed by atoms with Gasteiger partial charge in [0.15, 0.2) is 0 Å². The van der Waals surface area contributed by atoms with Crippen LogP contribution in [0.1, 0.15) is 23.1 Å². The summed E-state index contributed by atoms with van der Waals surface area (Å²) in [4.78, 5) is 14.2. The molecule has 0 aliphatic carbocycles. The molecule has 0 atom stereocenters. The van der Waals surface area contributed by atoms with Gasteiger partial charge in [-0.2, -0.15) is 0 Å². The van der Waals surface area contributed by atoms with Crippen LogP contribution in [0, 0.1) is 0 Å². The number of hydrogen-bond donors (Lipinski definition) is 2. The minimum absolute atomic E-state index is 0.00270. The van der Waals surface area contributed by atoms with Crippen LogP contribution in [0.5, 0.6) is 0 Å². The molecule has 0 aliphatic heterocycles. The molecule has 0 amide bonds. The summed E-state index contributed by atoms with van der Waals surface area (Å²) in [5.41, 5.74) is 5.38. The molecule has 1 heterocycles. The van der Waals surface area contributed by atoms with Crippen molar-refractivity contribution in [3.8, 4) is 0 Å². The highest BCUT2D eigenvalue weighted by Crippen LogP contribution is 2.31. The first-order valence-corrected chi connectivity index (χ1v) is 5.12. The normalized spacial score (nSPS) is 10.8. The summed E-state index contributed by atoms with van der Waals surface area (Å²) in [6.07, 6.45) is -1.87. The van der Waals surface area contributed by atoms with Crippen LogP contribution in [0.15, 0.2) is 10.8 Å². The Kier molecular flexibility index (Phi) is 4.31. The molecule has 88 valence electrons. The molecule has 0 aliphatic rings. The van der Waals surface area contributed by atoms with E-state index in [-0.39, 0.29) is 34.3 Å². The molecule has 0 saturated carbocycles. The van der Waals surface area contributed by atoms with E-state index < -0.39 is 12.4 Å². The number of hydrogen-bond acceptors (Lipinski definition) is 3. The molecule has 3 N–H and O–H groups in total. The fourth-order valence-electron chi connectivity index (χ4n) is 1.36. The van der Waals surface area contributed by atoms with Crippen molar-refractivity contribution in [2.45, 2.75) is 19.4 Å². The van der Waals surface area contributed by atoms with Gasteiger partial charge in [-0.15, -0.1) is 0 Å². The van der Waals surface area contributed by atoms with Gasteiger partial charge in [-0.1, -0.05) is 0 Å². The zero-order valence-corrected chi connectivity index (χ0v) is 9.67. The molecule has 0 radical (unpaired) electrons. The third-order valence-electron chi connectivity index (χ3n) is 2.03. The van der Waals surface area contributed by atoms with E-state index in [4.69, 9.17) is 10.8 Å². The van der Waals surface area contributed by atoms with Crippen LogP contribution >= 0.6 is 15.9 Å². The summed E-state index contributed by atoms with van der Waals surface area (Å²) in [7, 11) is 0. The topological polar surface area (TPSA) is 76.2 Å². The van der Waals surface area contributed by atoms with Crippen molar-refractivity contribution in [3.63, 3.8) is 0 Å². The second-order valence-corrected chi connectivity index (χ2v) is 3.79. The van der Waals surface area contributed by atoms with Crippen molar-refractivity contribution in [1.29, 1.82) is 0 Å². The summed E-state index contributed by atoms with van der Waals surface area (Å²) in [6, 6.07) is 0. The van der Waals surface area contributed by atoms with Gasteiger partial charge in [-0.3, -0.25) is 4.79 Å². The molecule has 0 unspecified atom stereocenters. The van der Waals surface area contributed by atoms with E-state index in [1.807, 2.05) is 0 Å². The number of nitrogens with zero attached hydrogens (tertiary/aromatic N) is 1. The standard InChI is InChI=1S/C9H9BrF2N2O2/c10-8-7(9(11)12)5(2-13)4(3-14-8)1-6(15)16/h3,9H,1-2,13H2,(H,15,16). The second kappa shape index (κ2) is 5.31. The first-order chi connectivity index (χ1) is 7.47. The van der Waals surface area contributed by atoms with E-state index in [2.05, 4.69) is 20.9 Å². The van der Waals surface area contributed by atoms with Crippen LogP contribution in [0.2, 0.25) is 0 Å². The molecule has 0 spiro atoms. The van der Waals surface area contributed by atoms with Crippen molar-refractivity contribution >= 4 is 21.9 Å². The van der Waals surface area contributed by atoms with Gasteiger partial charge in [0, 0.05) is 12.7 Å². The molecule has 0 bridgehead atoms. The van der Waals surface area contributed by atoms with Gasteiger partial charge in [0.25, 0.3) is 6.43 Å². The molecule has 1 rings (SSSR count). The van der Waals surface area contributed by atoms with Crippen LogP contribution < -0.4 is 5.73 Å². The van der Waals surface area contributed by atoms with Gasteiger partial charge in [0.1, 0.15) is 4.60 Å². The molecule has 1 aromatic heterocycles. The zero-order chi connectivity index (χ0) is 12.3. The van der Waals surface area contributed by atoms with Crippen LogP contribution in [0.25, 0.3) is 0 Å². The fraction of sp³-hybridized carbons (Fsp3) is 0.333. The maximum Gasteiger partial charge on any atom is 0.307 e. The summed E-state index contributed by atoms with van der Waals surface area (Å²) in [5.74, 6) is -1.11. The highest BCUT2D eigenvalue weighted by molar-refractivity contribution is 9.10. The molecule has 1 aromatic rings. The van der Waals surface area contributed by atoms with E-state index >= 15 is 0 Å². The molecule has 16 heavy (non-hydrogen) atoms. The van der Waals surface area contributed by atoms with Gasteiger partial charge < -0.3 is 10.8 Å². The highest BCUT2D eigenvalue weighted by atomic mass is 79.9. The monoisotopic (exact) mass is 294 g/mol. The Morgan fingerprint density at radius 2 is 2.25 bits per heavy atom. The van der Waals surface area contributed by atoms with Crippen molar-refractivity contribution in [3.05, 3.63) is 27.5 Å². The van der Waals surface area contributed by atoms with Crippen molar-refractivity contribution in [2.75, 3.05) is 0 Å². The first kappa shape index (κ1) is 13.0. The number of rotatable bonds is 4. The summed E-state index contributed by atoms with van der Waals surface area (Å²) < 4.78 is 25.4. The van der Waals surface area contributed by atoms with Gasteiger partial charge in [-0.05, 0) is 27.1 Å². The smallest absolute Gasteiger partial charge is 0.307 e. The van der Waals surface area contributed by atoms with E-state index in [9.17, 15) is 13.6 Å². The predicted octanol–water partition coefficient (Wildman–Crippen LogP) is 1.87. The predicted molar refractivity (Wildman–Crippen MR) is 56.1 cm³/mol. The molecular weight excluding hydrogens is 286 g/mol. The third-order valence-corrected chi connectivity index (χ3v) is 2.66. The average Bonchev–Trinajstić information content (AvgIpc) is 2.18. The van der Waals surface area contributed by atoms with Crippen LogP contribution in [-0.4, -0.2) is 16.1 Å². The maximum atomic E-state index is 12.7. The van der Waals surface area contributed by atoms with E-state index in [0.29, 0.717) is 0 Å². The van der Waals surface area contributed by atoms with Crippen LogP contribution in [0.3, 0.4) is 0 Å². The van der Waals surface area contributed by atoms with Crippen molar-refractivity contribution in [2.24, 2.45) is 5.73 Å². The quantitative estimate of drug-likeness (QED) is 0.831. The Hall–Kier alpha value is -1.08. The minimum Gasteiger partial charge on any atom is -0.481 e. The third kappa shape index (κ3) is 2.73. The lowest BCUT2D eigenvalue weighted by Gasteiger charge is -2.12. The molecule has 0 fully saturated rings.